The van der Waals surface area contributed by atoms with E-state index in [-0.39, 0.29) is 5.56 Å². The second-order valence-electron chi connectivity index (χ2n) is 4.08. The Morgan fingerprint density at radius 2 is 1.83 bits per heavy atom. The lowest BCUT2D eigenvalue weighted by atomic mass is 10.2. The molecule has 2 rings (SSSR count). The zero-order chi connectivity index (χ0) is 13.3. The number of likely N-dealkylation sites (tertiary alicyclic amines) is 1. The van der Waals surface area contributed by atoms with Gasteiger partial charge < -0.3 is 4.90 Å². The quantitative estimate of drug-likeness (QED) is 0.772. The van der Waals surface area contributed by atoms with Gasteiger partial charge in [-0.25, -0.2) is 4.39 Å². The molecular weight excluding hydrogens is 264 g/mol. The molecule has 0 aromatic heterocycles. The van der Waals surface area contributed by atoms with Crippen molar-refractivity contribution in [2.24, 2.45) is 0 Å². The Morgan fingerprint density at radius 3 is 2.33 bits per heavy atom. The van der Waals surface area contributed by atoms with E-state index < -0.39 is 26.8 Å². The first kappa shape index (κ1) is 12.9. The Balaban J connectivity index is 2.33. The molecule has 0 radical (unpaired) electrons. The molecule has 1 heterocycles. The molecule has 1 aliphatic rings. The molecule has 4 nitrogen and oxygen atoms in total. The first-order valence-electron chi connectivity index (χ1n) is 5.43. The molecule has 1 aromatic rings. The van der Waals surface area contributed by atoms with Gasteiger partial charge in [0.05, 0.1) is 5.56 Å². The zero-order valence-electron chi connectivity index (χ0n) is 9.40. The van der Waals surface area contributed by atoms with Crippen LogP contribution in [0.15, 0.2) is 23.1 Å². The Labute approximate surface area is 103 Å². The van der Waals surface area contributed by atoms with Gasteiger partial charge in [0.25, 0.3) is 5.91 Å². The molecule has 1 saturated heterocycles. The maximum absolute atomic E-state index is 13.6. The monoisotopic (exact) mass is 275 g/mol. The van der Waals surface area contributed by atoms with Gasteiger partial charge in [0.15, 0.2) is 0 Å². The van der Waals surface area contributed by atoms with Crippen LogP contribution in [0, 0.1) is 5.82 Å². The van der Waals surface area contributed by atoms with Crippen LogP contribution < -0.4 is 0 Å². The lowest BCUT2D eigenvalue weighted by Crippen LogP contribution is -2.28. The Bertz CT molecular complexity index is 580. The molecule has 18 heavy (non-hydrogen) atoms. The summed E-state index contributed by atoms with van der Waals surface area (Å²) in [7, 11) is -4.95. The van der Waals surface area contributed by atoms with E-state index in [0.29, 0.717) is 19.2 Å². The molecule has 0 saturated carbocycles. The highest BCUT2D eigenvalue weighted by Crippen LogP contribution is 2.19. The van der Waals surface area contributed by atoms with Crippen LogP contribution in [-0.2, 0) is 10.2 Å². The molecule has 1 amide bonds. The number of halogens is 2. The molecule has 0 atom stereocenters. The average molecular weight is 275 g/mol. The number of amides is 1. The van der Waals surface area contributed by atoms with Gasteiger partial charge in [0.1, 0.15) is 10.7 Å². The summed E-state index contributed by atoms with van der Waals surface area (Å²) >= 11 is 0. The topological polar surface area (TPSA) is 54.5 Å². The predicted octanol–water partition coefficient (Wildman–Crippen LogP) is 1.72. The number of hydrogen-bond acceptors (Lipinski definition) is 3. The maximum Gasteiger partial charge on any atom is 0.332 e. The van der Waals surface area contributed by atoms with E-state index in [1.54, 1.807) is 0 Å². The van der Waals surface area contributed by atoms with Crippen LogP contribution in [0.5, 0.6) is 0 Å². The summed E-state index contributed by atoms with van der Waals surface area (Å²) in [5, 5.41) is 0. The standard InChI is InChI=1S/C11H11F2NO3S/c12-10-7-8(18(13,16)17)3-4-9(10)11(15)14-5-1-2-6-14/h3-4,7H,1-2,5-6H2. The summed E-state index contributed by atoms with van der Waals surface area (Å²) in [5.41, 5.74) is -0.232. The van der Waals surface area contributed by atoms with Gasteiger partial charge in [-0.2, -0.15) is 8.42 Å². The second-order valence-corrected chi connectivity index (χ2v) is 5.43. The maximum atomic E-state index is 13.6. The first-order chi connectivity index (χ1) is 8.39. The van der Waals surface area contributed by atoms with Crippen molar-refractivity contribution in [3.63, 3.8) is 0 Å². The van der Waals surface area contributed by atoms with Crippen molar-refractivity contribution in [3.8, 4) is 0 Å². The van der Waals surface area contributed by atoms with Gasteiger partial charge >= 0.3 is 10.2 Å². The number of rotatable bonds is 2. The van der Waals surface area contributed by atoms with Crippen LogP contribution in [0.3, 0.4) is 0 Å². The average Bonchev–Trinajstić information content (AvgIpc) is 2.80. The molecule has 1 aromatic carbocycles. The van der Waals surface area contributed by atoms with Crippen molar-refractivity contribution in [2.75, 3.05) is 13.1 Å². The minimum absolute atomic E-state index is 0.232. The van der Waals surface area contributed by atoms with E-state index in [9.17, 15) is 21.5 Å². The number of carbonyl (C=O) groups is 1. The molecule has 0 unspecified atom stereocenters. The van der Waals surface area contributed by atoms with Crippen molar-refractivity contribution in [2.45, 2.75) is 17.7 Å². The fourth-order valence-corrected chi connectivity index (χ4v) is 2.39. The van der Waals surface area contributed by atoms with Crippen molar-refractivity contribution < 1.29 is 21.5 Å². The van der Waals surface area contributed by atoms with Crippen LogP contribution in [0.25, 0.3) is 0 Å². The van der Waals surface area contributed by atoms with E-state index in [2.05, 4.69) is 0 Å². The minimum Gasteiger partial charge on any atom is -0.339 e. The highest BCUT2D eigenvalue weighted by atomic mass is 32.3. The van der Waals surface area contributed by atoms with E-state index in [4.69, 9.17) is 0 Å². The molecule has 0 bridgehead atoms. The fourth-order valence-electron chi connectivity index (χ4n) is 1.91. The van der Waals surface area contributed by atoms with Gasteiger partial charge in [0.2, 0.25) is 0 Å². The Kier molecular flexibility index (Phi) is 3.34. The molecule has 7 heteroatoms. The van der Waals surface area contributed by atoms with Gasteiger partial charge in [-0.3, -0.25) is 4.79 Å². The fraction of sp³-hybridized carbons (Fsp3) is 0.364. The molecule has 1 aliphatic heterocycles. The summed E-state index contributed by atoms with van der Waals surface area (Å²) in [6.45, 7) is 1.11. The Morgan fingerprint density at radius 1 is 1.22 bits per heavy atom. The first-order valence-corrected chi connectivity index (χ1v) is 6.81. The van der Waals surface area contributed by atoms with Crippen LogP contribution in [0.2, 0.25) is 0 Å². The van der Waals surface area contributed by atoms with Gasteiger partial charge in [-0.15, -0.1) is 3.89 Å². The third-order valence-electron chi connectivity index (χ3n) is 2.85. The summed E-state index contributed by atoms with van der Waals surface area (Å²) in [4.78, 5) is 12.6. The Hall–Kier alpha value is -1.50. The lowest BCUT2D eigenvalue weighted by molar-refractivity contribution is 0.0788. The van der Waals surface area contributed by atoms with Gasteiger partial charge in [-0.05, 0) is 31.0 Å². The van der Waals surface area contributed by atoms with Crippen LogP contribution >= 0.6 is 0 Å². The molecular formula is C11H11F2NO3S. The normalized spacial score (nSPS) is 16.0. The summed E-state index contributed by atoms with van der Waals surface area (Å²) in [6, 6.07) is 2.42. The van der Waals surface area contributed by atoms with Crippen molar-refractivity contribution in [1.82, 2.24) is 4.90 Å². The van der Waals surface area contributed by atoms with Crippen LogP contribution in [0.4, 0.5) is 8.28 Å². The molecule has 0 spiro atoms. The highest BCUT2D eigenvalue weighted by molar-refractivity contribution is 7.86. The van der Waals surface area contributed by atoms with E-state index in [1.807, 2.05) is 0 Å². The number of benzene rings is 1. The third-order valence-corrected chi connectivity index (χ3v) is 3.66. The lowest BCUT2D eigenvalue weighted by Gasteiger charge is -2.15. The molecule has 0 N–H and O–H groups in total. The smallest absolute Gasteiger partial charge is 0.332 e. The minimum atomic E-state index is -4.95. The molecule has 98 valence electrons. The summed E-state index contributed by atoms with van der Waals surface area (Å²) < 4.78 is 47.4. The SMILES string of the molecule is O=C(c1ccc(S(=O)(=O)F)cc1F)N1CCCC1. The van der Waals surface area contributed by atoms with E-state index in [0.717, 1.165) is 25.0 Å². The number of carbonyl (C=O) groups excluding carboxylic acids is 1. The highest BCUT2D eigenvalue weighted by Gasteiger charge is 2.23. The third kappa shape index (κ3) is 2.50. The molecule has 0 aliphatic carbocycles. The van der Waals surface area contributed by atoms with Gasteiger partial charge in [0, 0.05) is 13.1 Å². The van der Waals surface area contributed by atoms with Crippen LogP contribution in [-0.4, -0.2) is 32.3 Å². The predicted molar refractivity (Wildman–Crippen MR) is 59.8 cm³/mol. The van der Waals surface area contributed by atoms with E-state index in [1.165, 1.54) is 4.90 Å². The molecule has 1 fully saturated rings. The van der Waals surface area contributed by atoms with Crippen molar-refractivity contribution in [3.05, 3.63) is 29.6 Å². The van der Waals surface area contributed by atoms with Gasteiger partial charge in [-0.1, -0.05) is 0 Å². The van der Waals surface area contributed by atoms with Crippen molar-refractivity contribution >= 4 is 16.1 Å². The summed E-state index contributed by atoms with van der Waals surface area (Å²) in [6.07, 6.45) is 1.73. The van der Waals surface area contributed by atoms with Crippen LogP contribution in [0.1, 0.15) is 23.2 Å². The summed E-state index contributed by atoms with van der Waals surface area (Å²) in [5.74, 6) is -1.52. The zero-order valence-corrected chi connectivity index (χ0v) is 10.2. The second kappa shape index (κ2) is 4.64. The van der Waals surface area contributed by atoms with E-state index >= 15 is 0 Å². The number of hydrogen-bond donors (Lipinski definition) is 0. The van der Waals surface area contributed by atoms with Crippen molar-refractivity contribution in [1.29, 1.82) is 0 Å². The number of nitrogens with zero attached hydrogens (tertiary/aromatic N) is 1. The largest absolute Gasteiger partial charge is 0.339 e.